The number of nitrogens with zero attached hydrogens (tertiary/aromatic N) is 4. The van der Waals surface area contributed by atoms with Crippen LogP contribution in [0.15, 0.2) is 24.5 Å². The van der Waals surface area contributed by atoms with Crippen LogP contribution >= 0.6 is 11.3 Å². The van der Waals surface area contributed by atoms with E-state index in [1.807, 2.05) is 29.8 Å². The first-order valence-corrected chi connectivity index (χ1v) is 9.79. The molecule has 3 fully saturated rings. The first-order valence-electron chi connectivity index (χ1n) is 8.97. The van der Waals surface area contributed by atoms with E-state index in [9.17, 15) is 0 Å². The first kappa shape index (κ1) is 16.2. The maximum absolute atomic E-state index is 4.80. The minimum atomic E-state index is 0.650. The molecule has 3 saturated heterocycles. The van der Waals surface area contributed by atoms with Gasteiger partial charge < -0.3 is 4.90 Å². The van der Waals surface area contributed by atoms with Crippen LogP contribution in [0.5, 0.6) is 0 Å². The highest BCUT2D eigenvalue weighted by molar-refractivity contribution is 7.11. The maximum Gasteiger partial charge on any atom is 0.107 e. The molecule has 0 spiro atoms. The molecule has 0 aromatic carbocycles. The van der Waals surface area contributed by atoms with E-state index in [0.29, 0.717) is 6.04 Å². The number of aromatic nitrogens is 2. The van der Waals surface area contributed by atoms with Crippen molar-refractivity contribution >= 4 is 11.3 Å². The van der Waals surface area contributed by atoms with Gasteiger partial charge in [-0.3, -0.25) is 9.88 Å². The lowest BCUT2D eigenvalue weighted by Gasteiger charge is -2.49. The van der Waals surface area contributed by atoms with E-state index in [1.54, 1.807) is 0 Å². The summed E-state index contributed by atoms with van der Waals surface area (Å²) in [6.45, 7) is 10.0. The highest BCUT2D eigenvalue weighted by Crippen LogP contribution is 2.33. The molecule has 3 aliphatic rings. The van der Waals surface area contributed by atoms with E-state index in [4.69, 9.17) is 4.98 Å². The summed E-state index contributed by atoms with van der Waals surface area (Å²) < 4.78 is 0. The van der Waals surface area contributed by atoms with E-state index >= 15 is 0 Å². The molecule has 0 aliphatic carbocycles. The number of thiazole rings is 1. The Bertz CT molecular complexity index is 656. The second-order valence-corrected chi connectivity index (χ2v) is 8.51. The average Bonchev–Trinajstić information content (AvgIpc) is 2.94. The average molecular weight is 343 g/mol. The fourth-order valence-corrected chi connectivity index (χ4v) is 5.10. The lowest BCUT2D eigenvalue weighted by molar-refractivity contribution is -0.00267. The van der Waals surface area contributed by atoms with Crippen molar-refractivity contribution in [2.75, 3.05) is 19.6 Å². The summed E-state index contributed by atoms with van der Waals surface area (Å²) in [5.41, 5.74) is 2.49. The Hall–Kier alpha value is -1.30. The molecule has 5 heterocycles. The fraction of sp³-hybridized carbons (Fsp3) is 0.579. The summed E-state index contributed by atoms with van der Waals surface area (Å²) in [7, 11) is 0. The van der Waals surface area contributed by atoms with Gasteiger partial charge in [-0.2, -0.15) is 0 Å². The third-order valence-corrected chi connectivity index (χ3v) is 6.67. The Kier molecular flexibility index (Phi) is 4.66. The SMILES string of the molecule is Cc1nc(CN(Cc2cccnc2)C2CN3CCC2CC3)sc1C. The summed E-state index contributed by atoms with van der Waals surface area (Å²) in [4.78, 5) is 15.7. The highest BCUT2D eigenvalue weighted by atomic mass is 32.1. The van der Waals surface area contributed by atoms with E-state index in [2.05, 4.69) is 34.7 Å². The van der Waals surface area contributed by atoms with Crippen molar-refractivity contribution in [1.82, 2.24) is 19.8 Å². The van der Waals surface area contributed by atoms with Gasteiger partial charge >= 0.3 is 0 Å². The van der Waals surface area contributed by atoms with Gasteiger partial charge in [-0.25, -0.2) is 4.98 Å². The molecule has 5 rings (SSSR count). The molecular weight excluding hydrogens is 316 g/mol. The molecule has 24 heavy (non-hydrogen) atoms. The third kappa shape index (κ3) is 3.39. The van der Waals surface area contributed by atoms with Crippen molar-refractivity contribution < 1.29 is 0 Å². The molecule has 5 heteroatoms. The third-order valence-electron chi connectivity index (χ3n) is 5.61. The van der Waals surface area contributed by atoms with E-state index in [-0.39, 0.29) is 0 Å². The minimum Gasteiger partial charge on any atom is -0.302 e. The van der Waals surface area contributed by atoms with Gasteiger partial charge in [-0.15, -0.1) is 11.3 Å². The summed E-state index contributed by atoms with van der Waals surface area (Å²) in [6, 6.07) is 4.89. The maximum atomic E-state index is 4.80. The number of piperidine rings is 3. The number of rotatable bonds is 5. The predicted molar refractivity (Wildman–Crippen MR) is 98.0 cm³/mol. The monoisotopic (exact) mass is 342 g/mol. The molecule has 4 nitrogen and oxygen atoms in total. The van der Waals surface area contributed by atoms with Crippen LogP contribution in [0.2, 0.25) is 0 Å². The summed E-state index contributed by atoms with van der Waals surface area (Å²) in [5.74, 6) is 0.842. The normalized spacial score (nSPS) is 26.2. The van der Waals surface area contributed by atoms with Gasteiger partial charge in [0.1, 0.15) is 5.01 Å². The largest absolute Gasteiger partial charge is 0.302 e. The van der Waals surface area contributed by atoms with Crippen LogP contribution < -0.4 is 0 Å². The molecule has 2 aromatic heterocycles. The predicted octanol–water partition coefficient (Wildman–Crippen LogP) is 3.25. The van der Waals surface area contributed by atoms with Crippen LogP contribution in [0.3, 0.4) is 0 Å². The van der Waals surface area contributed by atoms with Gasteiger partial charge in [-0.1, -0.05) is 6.07 Å². The van der Waals surface area contributed by atoms with Crippen molar-refractivity contribution in [2.45, 2.75) is 45.8 Å². The number of hydrogen-bond donors (Lipinski definition) is 0. The Balaban J connectivity index is 1.56. The second-order valence-electron chi connectivity index (χ2n) is 7.22. The molecule has 2 aromatic rings. The first-order chi connectivity index (χ1) is 11.7. The lowest BCUT2D eigenvalue weighted by atomic mass is 9.83. The van der Waals surface area contributed by atoms with Crippen molar-refractivity contribution in [1.29, 1.82) is 0 Å². The molecular formula is C19H26N4S. The molecule has 3 aliphatic heterocycles. The van der Waals surface area contributed by atoms with Gasteiger partial charge in [-0.05, 0) is 57.3 Å². The Morgan fingerprint density at radius 1 is 1.25 bits per heavy atom. The molecule has 0 radical (unpaired) electrons. The topological polar surface area (TPSA) is 32.3 Å². The molecule has 128 valence electrons. The Morgan fingerprint density at radius 2 is 2.08 bits per heavy atom. The summed E-state index contributed by atoms with van der Waals surface area (Å²) >= 11 is 1.86. The van der Waals surface area contributed by atoms with E-state index < -0.39 is 0 Å². The quantitative estimate of drug-likeness (QED) is 0.835. The zero-order valence-corrected chi connectivity index (χ0v) is 15.4. The Labute approximate surface area is 148 Å². The summed E-state index contributed by atoms with van der Waals surface area (Å²) in [5, 5.41) is 1.25. The van der Waals surface area contributed by atoms with Crippen molar-refractivity contribution in [3.63, 3.8) is 0 Å². The van der Waals surface area contributed by atoms with Crippen LogP contribution in [0, 0.1) is 19.8 Å². The van der Waals surface area contributed by atoms with E-state index in [0.717, 1.165) is 19.0 Å². The molecule has 1 unspecified atom stereocenters. The van der Waals surface area contributed by atoms with Crippen molar-refractivity contribution in [3.05, 3.63) is 45.7 Å². The van der Waals surface area contributed by atoms with Crippen LogP contribution in [0.25, 0.3) is 0 Å². The number of pyridine rings is 1. The smallest absolute Gasteiger partial charge is 0.107 e. The van der Waals surface area contributed by atoms with Crippen LogP contribution in [-0.2, 0) is 13.1 Å². The van der Waals surface area contributed by atoms with Crippen LogP contribution in [0.4, 0.5) is 0 Å². The molecule has 0 amide bonds. The van der Waals surface area contributed by atoms with Gasteiger partial charge in [0.2, 0.25) is 0 Å². The van der Waals surface area contributed by atoms with Crippen LogP contribution in [0.1, 0.15) is 34.0 Å². The standard InChI is InChI=1S/C19H26N4S/c1-14-15(2)24-19(21-14)13-23(11-16-4-3-7-20-10-16)18-12-22-8-5-17(18)6-9-22/h3-4,7,10,17-18H,5-6,8-9,11-13H2,1-2H3. The van der Waals surface area contributed by atoms with Crippen molar-refractivity contribution in [3.8, 4) is 0 Å². The van der Waals surface area contributed by atoms with Crippen LogP contribution in [-0.4, -0.2) is 45.4 Å². The van der Waals surface area contributed by atoms with E-state index in [1.165, 1.54) is 53.6 Å². The molecule has 0 N–H and O–H groups in total. The van der Waals surface area contributed by atoms with Gasteiger partial charge in [0.05, 0.1) is 12.2 Å². The number of aryl methyl sites for hydroxylation is 2. The molecule has 0 saturated carbocycles. The van der Waals surface area contributed by atoms with Gasteiger partial charge in [0.25, 0.3) is 0 Å². The van der Waals surface area contributed by atoms with Gasteiger partial charge in [0.15, 0.2) is 0 Å². The number of fused-ring (bicyclic) bond motifs is 3. The zero-order valence-electron chi connectivity index (χ0n) is 14.6. The molecule has 1 atom stereocenters. The van der Waals surface area contributed by atoms with Crippen molar-refractivity contribution in [2.24, 2.45) is 5.92 Å². The zero-order chi connectivity index (χ0) is 16.5. The second kappa shape index (κ2) is 6.90. The number of hydrogen-bond acceptors (Lipinski definition) is 5. The highest BCUT2D eigenvalue weighted by Gasteiger charge is 2.37. The van der Waals surface area contributed by atoms with Gasteiger partial charge in [0, 0.05) is 36.4 Å². The lowest BCUT2D eigenvalue weighted by Crippen LogP contribution is -2.56. The molecule has 2 bridgehead atoms. The fourth-order valence-electron chi connectivity index (χ4n) is 4.14. The minimum absolute atomic E-state index is 0.650. The Morgan fingerprint density at radius 3 is 2.67 bits per heavy atom. The summed E-state index contributed by atoms with van der Waals surface area (Å²) in [6.07, 6.45) is 6.57.